The highest BCUT2D eigenvalue weighted by Gasteiger charge is 2.18. The zero-order valence-corrected chi connectivity index (χ0v) is 8.32. The van der Waals surface area contributed by atoms with E-state index in [1.54, 1.807) is 6.92 Å². The van der Waals surface area contributed by atoms with Crippen molar-refractivity contribution in [1.82, 2.24) is 5.32 Å². The van der Waals surface area contributed by atoms with E-state index in [0.29, 0.717) is 13.2 Å². The van der Waals surface area contributed by atoms with E-state index >= 15 is 0 Å². The SMILES string of the molecule is CC(O)COCC1CNCC(C)O1. The zero-order valence-electron chi connectivity index (χ0n) is 8.32. The number of aliphatic hydroxyl groups is 1. The van der Waals surface area contributed by atoms with E-state index in [9.17, 15) is 0 Å². The molecule has 78 valence electrons. The highest BCUT2D eigenvalue weighted by Crippen LogP contribution is 2.03. The maximum Gasteiger partial charge on any atom is 0.0936 e. The van der Waals surface area contributed by atoms with Gasteiger partial charge in [-0.05, 0) is 13.8 Å². The molecule has 2 N–H and O–H groups in total. The topological polar surface area (TPSA) is 50.7 Å². The van der Waals surface area contributed by atoms with Gasteiger partial charge in [-0.15, -0.1) is 0 Å². The lowest BCUT2D eigenvalue weighted by molar-refractivity contribution is -0.0776. The summed E-state index contributed by atoms with van der Waals surface area (Å²) in [5.74, 6) is 0. The fraction of sp³-hybridized carbons (Fsp3) is 1.00. The summed E-state index contributed by atoms with van der Waals surface area (Å²) in [6.45, 7) is 6.43. The molecular weight excluding hydrogens is 170 g/mol. The van der Waals surface area contributed by atoms with E-state index in [2.05, 4.69) is 5.32 Å². The van der Waals surface area contributed by atoms with Gasteiger partial charge in [-0.25, -0.2) is 0 Å². The third kappa shape index (κ3) is 4.57. The fourth-order valence-electron chi connectivity index (χ4n) is 1.34. The van der Waals surface area contributed by atoms with Gasteiger partial charge >= 0.3 is 0 Å². The van der Waals surface area contributed by atoms with Crippen LogP contribution in [0.2, 0.25) is 0 Å². The van der Waals surface area contributed by atoms with Crippen molar-refractivity contribution in [2.24, 2.45) is 0 Å². The highest BCUT2D eigenvalue weighted by atomic mass is 16.5. The summed E-state index contributed by atoms with van der Waals surface area (Å²) in [6, 6.07) is 0. The normalized spacial score (nSPS) is 31.6. The van der Waals surface area contributed by atoms with Crippen LogP contribution in [0.5, 0.6) is 0 Å². The Balaban J connectivity index is 2.06. The molecule has 1 saturated heterocycles. The Labute approximate surface area is 79.2 Å². The summed E-state index contributed by atoms with van der Waals surface area (Å²) in [5, 5.41) is 12.2. The summed E-state index contributed by atoms with van der Waals surface area (Å²) in [4.78, 5) is 0. The molecule has 1 rings (SSSR count). The molecule has 0 aromatic rings. The second-order valence-corrected chi connectivity index (χ2v) is 3.61. The number of aliphatic hydroxyl groups excluding tert-OH is 1. The van der Waals surface area contributed by atoms with Crippen molar-refractivity contribution in [2.45, 2.75) is 32.2 Å². The summed E-state index contributed by atoms with van der Waals surface area (Å²) < 4.78 is 10.9. The van der Waals surface area contributed by atoms with E-state index in [4.69, 9.17) is 14.6 Å². The number of hydrogen-bond donors (Lipinski definition) is 2. The molecule has 0 radical (unpaired) electrons. The van der Waals surface area contributed by atoms with E-state index in [1.165, 1.54) is 0 Å². The molecule has 0 bridgehead atoms. The predicted molar refractivity (Wildman–Crippen MR) is 49.7 cm³/mol. The summed E-state index contributed by atoms with van der Waals surface area (Å²) in [7, 11) is 0. The Morgan fingerprint density at radius 3 is 3.00 bits per heavy atom. The van der Waals surface area contributed by atoms with Crippen molar-refractivity contribution in [2.75, 3.05) is 26.3 Å². The lowest BCUT2D eigenvalue weighted by Crippen LogP contribution is -2.45. The molecular formula is C9H19NO3. The van der Waals surface area contributed by atoms with Gasteiger partial charge < -0.3 is 19.9 Å². The average molecular weight is 189 g/mol. The van der Waals surface area contributed by atoms with Crippen LogP contribution in [0.1, 0.15) is 13.8 Å². The highest BCUT2D eigenvalue weighted by molar-refractivity contribution is 4.71. The van der Waals surface area contributed by atoms with Crippen molar-refractivity contribution in [3.05, 3.63) is 0 Å². The largest absolute Gasteiger partial charge is 0.391 e. The molecule has 1 fully saturated rings. The molecule has 13 heavy (non-hydrogen) atoms. The van der Waals surface area contributed by atoms with Gasteiger partial charge in [-0.3, -0.25) is 0 Å². The molecule has 0 aromatic heterocycles. The molecule has 0 aromatic carbocycles. The van der Waals surface area contributed by atoms with Crippen LogP contribution in [0.4, 0.5) is 0 Å². The first-order chi connectivity index (χ1) is 6.18. The van der Waals surface area contributed by atoms with Crippen molar-refractivity contribution in [3.8, 4) is 0 Å². The monoisotopic (exact) mass is 189 g/mol. The smallest absolute Gasteiger partial charge is 0.0936 e. The zero-order chi connectivity index (χ0) is 9.68. The Morgan fingerprint density at radius 2 is 2.38 bits per heavy atom. The second kappa shape index (κ2) is 5.54. The van der Waals surface area contributed by atoms with Crippen LogP contribution < -0.4 is 5.32 Å². The number of ether oxygens (including phenoxy) is 2. The number of hydrogen-bond acceptors (Lipinski definition) is 4. The molecule has 4 nitrogen and oxygen atoms in total. The number of morpholine rings is 1. The second-order valence-electron chi connectivity index (χ2n) is 3.61. The van der Waals surface area contributed by atoms with Crippen molar-refractivity contribution in [3.63, 3.8) is 0 Å². The number of nitrogens with one attached hydrogen (secondary N) is 1. The van der Waals surface area contributed by atoms with E-state index < -0.39 is 6.10 Å². The fourth-order valence-corrected chi connectivity index (χ4v) is 1.34. The van der Waals surface area contributed by atoms with Gasteiger partial charge in [-0.1, -0.05) is 0 Å². The van der Waals surface area contributed by atoms with Gasteiger partial charge in [0, 0.05) is 13.1 Å². The molecule has 4 heteroatoms. The summed E-state index contributed by atoms with van der Waals surface area (Å²) in [5.41, 5.74) is 0. The Kier molecular flexibility index (Phi) is 4.66. The molecule has 1 heterocycles. The van der Waals surface area contributed by atoms with Crippen LogP contribution in [0.3, 0.4) is 0 Å². The quantitative estimate of drug-likeness (QED) is 0.641. The summed E-state index contributed by atoms with van der Waals surface area (Å²) >= 11 is 0. The molecule has 0 aliphatic carbocycles. The molecule has 3 atom stereocenters. The Hall–Kier alpha value is -0.160. The van der Waals surface area contributed by atoms with Crippen LogP contribution in [0.25, 0.3) is 0 Å². The first kappa shape index (κ1) is 10.9. The maximum absolute atomic E-state index is 8.95. The molecule has 1 aliphatic rings. The van der Waals surface area contributed by atoms with Gasteiger partial charge in [0.15, 0.2) is 0 Å². The maximum atomic E-state index is 8.95. The Morgan fingerprint density at radius 1 is 1.62 bits per heavy atom. The first-order valence-corrected chi connectivity index (χ1v) is 4.80. The molecule has 3 unspecified atom stereocenters. The molecule has 1 aliphatic heterocycles. The van der Waals surface area contributed by atoms with E-state index in [-0.39, 0.29) is 12.2 Å². The predicted octanol–water partition coefficient (Wildman–Crippen LogP) is -0.239. The average Bonchev–Trinajstić information content (AvgIpc) is 2.03. The lowest BCUT2D eigenvalue weighted by atomic mass is 10.2. The summed E-state index contributed by atoms with van der Waals surface area (Å²) in [6.07, 6.45) is -0.00891. The van der Waals surface area contributed by atoms with Crippen LogP contribution in [0.15, 0.2) is 0 Å². The van der Waals surface area contributed by atoms with Crippen molar-refractivity contribution in [1.29, 1.82) is 0 Å². The van der Waals surface area contributed by atoms with Crippen molar-refractivity contribution < 1.29 is 14.6 Å². The molecule has 0 spiro atoms. The Bertz CT molecular complexity index is 141. The minimum Gasteiger partial charge on any atom is -0.391 e. The van der Waals surface area contributed by atoms with Crippen LogP contribution >= 0.6 is 0 Å². The van der Waals surface area contributed by atoms with Gasteiger partial charge in [0.1, 0.15) is 0 Å². The van der Waals surface area contributed by atoms with Gasteiger partial charge in [-0.2, -0.15) is 0 Å². The standard InChI is InChI=1S/C9H19NO3/c1-7(11)5-12-6-9-4-10-3-8(2)13-9/h7-11H,3-6H2,1-2H3. The number of rotatable bonds is 4. The van der Waals surface area contributed by atoms with Gasteiger partial charge in [0.25, 0.3) is 0 Å². The molecule has 0 saturated carbocycles. The lowest BCUT2D eigenvalue weighted by Gasteiger charge is -2.28. The van der Waals surface area contributed by atoms with Crippen LogP contribution in [0, 0.1) is 0 Å². The van der Waals surface area contributed by atoms with E-state index in [1.807, 2.05) is 6.92 Å². The van der Waals surface area contributed by atoms with E-state index in [0.717, 1.165) is 13.1 Å². The molecule has 0 amide bonds. The van der Waals surface area contributed by atoms with Gasteiger partial charge in [0.2, 0.25) is 0 Å². The minimum atomic E-state index is -0.394. The van der Waals surface area contributed by atoms with Gasteiger partial charge in [0.05, 0.1) is 31.5 Å². The minimum absolute atomic E-state index is 0.127. The third-order valence-electron chi connectivity index (χ3n) is 1.89. The van der Waals surface area contributed by atoms with Crippen LogP contribution in [-0.4, -0.2) is 49.7 Å². The third-order valence-corrected chi connectivity index (χ3v) is 1.89. The first-order valence-electron chi connectivity index (χ1n) is 4.80. The van der Waals surface area contributed by atoms with Crippen LogP contribution in [-0.2, 0) is 9.47 Å². The van der Waals surface area contributed by atoms with Crippen molar-refractivity contribution >= 4 is 0 Å².